The molecule has 0 amide bonds. The van der Waals surface area contributed by atoms with E-state index in [0.717, 1.165) is 17.1 Å². The number of nitrogens with zero attached hydrogens (tertiary/aromatic N) is 2. The van der Waals surface area contributed by atoms with Crippen LogP contribution in [0.2, 0.25) is 0 Å². The van der Waals surface area contributed by atoms with Crippen LogP contribution in [0.25, 0.3) is 91.8 Å². The van der Waals surface area contributed by atoms with Gasteiger partial charge < -0.3 is 9.47 Å². The minimum atomic E-state index is 1.10. The molecule has 61 heavy (non-hydrogen) atoms. The van der Waals surface area contributed by atoms with E-state index in [0.29, 0.717) is 0 Å². The number of benzene rings is 10. The normalized spacial score (nSPS) is 11.6. The van der Waals surface area contributed by atoms with E-state index in [9.17, 15) is 0 Å². The van der Waals surface area contributed by atoms with Gasteiger partial charge in [-0.1, -0.05) is 164 Å². The molecule has 0 bridgehead atoms. The topological polar surface area (TPSA) is 8.17 Å². The van der Waals surface area contributed by atoms with Crippen LogP contribution in [0.4, 0.5) is 17.1 Å². The average molecular weight is 795 g/mol. The SMILES string of the molecule is c1ccc(N(c2ccc(-c3ccc(-c4cccc5ccccc45)cc3)cc2)c2cccc(-c3cccc4c3c3ccccc3n4-c3cccc4sc5ccccc5c34)c2)cc1. The van der Waals surface area contributed by atoms with Crippen LogP contribution in [0.3, 0.4) is 0 Å². The maximum Gasteiger partial charge on any atom is 0.0555 e. The van der Waals surface area contributed by atoms with Gasteiger partial charge in [-0.25, -0.2) is 0 Å². The first-order valence-electron chi connectivity index (χ1n) is 20.8. The summed E-state index contributed by atoms with van der Waals surface area (Å²) in [5.41, 5.74) is 14.2. The molecule has 0 spiro atoms. The van der Waals surface area contributed by atoms with Crippen LogP contribution in [0.5, 0.6) is 0 Å². The van der Waals surface area contributed by atoms with E-state index in [-0.39, 0.29) is 0 Å². The van der Waals surface area contributed by atoms with Crippen LogP contribution < -0.4 is 4.90 Å². The van der Waals surface area contributed by atoms with E-state index >= 15 is 0 Å². The Morgan fingerprint density at radius 3 is 1.75 bits per heavy atom. The zero-order valence-electron chi connectivity index (χ0n) is 33.2. The average Bonchev–Trinajstić information content (AvgIpc) is 3.89. The van der Waals surface area contributed by atoms with Gasteiger partial charge in [-0.2, -0.15) is 0 Å². The summed E-state index contributed by atoms with van der Waals surface area (Å²) >= 11 is 1.87. The lowest BCUT2D eigenvalue weighted by molar-refractivity contribution is 1.20. The van der Waals surface area contributed by atoms with Crippen LogP contribution in [0.15, 0.2) is 231 Å². The van der Waals surface area contributed by atoms with Crippen LogP contribution in [-0.4, -0.2) is 4.57 Å². The van der Waals surface area contributed by atoms with Crippen molar-refractivity contribution in [2.45, 2.75) is 0 Å². The molecule has 0 unspecified atom stereocenters. The highest BCUT2D eigenvalue weighted by atomic mass is 32.1. The largest absolute Gasteiger partial charge is 0.310 e. The van der Waals surface area contributed by atoms with E-state index in [1.807, 2.05) is 11.3 Å². The Morgan fingerprint density at radius 1 is 0.328 bits per heavy atom. The Morgan fingerprint density at radius 2 is 0.902 bits per heavy atom. The monoisotopic (exact) mass is 794 g/mol. The van der Waals surface area contributed by atoms with Gasteiger partial charge in [0.15, 0.2) is 0 Å². The minimum absolute atomic E-state index is 1.10. The number of fused-ring (bicyclic) bond motifs is 7. The molecule has 0 saturated carbocycles. The van der Waals surface area contributed by atoms with Gasteiger partial charge in [0.05, 0.1) is 16.7 Å². The molecule has 0 saturated heterocycles. The summed E-state index contributed by atoms with van der Waals surface area (Å²) in [7, 11) is 0. The molecule has 286 valence electrons. The summed E-state index contributed by atoms with van der Waals surface area (Å²) in [5, 5.41) is 7.65. The fourth-order valence-corrected chi connectivity index (χ4v) is 10.5. The number of thiophene rings is 1. The van der Waals surface area contributed by atoms with Crippen molar-refractivity contribution in [1.29, 1.82) is 0 Å². The third-order valence-corrected chi connectivity index (χ3v) is 13.3. The molecule has 0 N–H and O–H groups in total. The molecule has 0 fully saturated rings. The molecule has 12 rings (SSSR count). The fourth-order valence-electron chi connectivity index (χ4n) is 9.42. The minimum Gasteiger partial charge on any atom is -0.310 e. The van der Waals surface area contributed by atoms with Crippen LogP contribution >= 0.6 is 11.3 Å². The summed E-state index contributed by atoms with van der Waals surface area (Å²) < 4.78 is 5.10. The molecule has 0 aliphatic carbocycles. The van der Waals surface area contributed by atoms with Crippen molar-refractivity contribution in [1.82, 2.24) is 4.57 Å². The van der Waals surface area contributed by atoms with Gasteiger partial charge in [-0.15, -0.1) is 11.3 Å². The number of anilines is 3. The third kappa shape index (κ3) is 5.93. The van der Waals surface area contributed by atoms with Gasteiger partial charge in [0.1, 0.15) is 0 Å². The van der Waals surface area contributed by atoms with Gasteiger partial charge in [-0.3, -0.25) is 0 Å². The predicted octanol–water partition coefficient (Wildman–Crippen LogP) is 16.8. The molecule has 12 aromatic rings. The first-order chi connectivity index (χ1) is 30.3. The standard InChI is InChI=1S/C58H38N2S/c1-2-17-44(18-3-1)59(45-36-34-40(35-37-45)39-30-32-42(33-31-39)48-23-11-15-41-14-4-5-20-47(41)48)46-19-10-16-43(38-46)49-24-12-26-53-57(49)50-21-6-8-25-52(50)60(53)54-27-13-29-56-58(54)51-22-7-9-28-55(51)61-56/h1-38H. The van der Waals surface area contributed by atoms with Crippen molar-refractivity contribution in [3.63, 3.8) is 0 Å². The Balaban J connectivity index is 0.947. The van der Waals surface area contributed by atoms with E-state index in [2.05, 4.69) is 240 Å². The highest BCUT2D eigenvalue weighted by Gasteiger charge is 2.20. The first kappa shape index (κ1) is 35.2. The highest BCUT2D eigenvalue weighted by molar-refractivity contribution is 7.25. The molecule has 0 radical (unpaired) electrons. The van der Waals surface area contributed by atoms with Crippen molar-refractivity contribution in [3.8, 4) is 39.1 Å². The summed E-state index contributed by atoms with van der Waals surface area (Å²) in [6.45, 7) is 0. The van der Waals surface area contributed by atoms with Crippen molar-refractivity contribution < 1.29 is 0 Å². The maximum atomic E-state index is 2.48. The van der Waals surface area contributed by atoms with Crippen molar-refractivity contribution in [2.24, 2.45) is 0 Å². The molecule has 0 aliphatic heterocycles. The lowest BCUT2D eigenvalue weighted by Crippen LogP contribution is -2.09. The van der Waals surface area contributed by atoms with Crippen molar-refractivity contribution in [2.75, 3.05) is 4.90 Å². The van der Waals surface area contributed by atoms with Gasteiger partial charge in [-0.05, 0) is 111 Å². The summed E-state index contributed by atoms with van der Waals surface area (Å²) in [4.78, 5) is 2.36. The van der Waals surface area contributed by atoms with Gasteiger partial charge in [0.2, 0.25) is 0 Å². The van der Waals surface area contributed by atoms with Crippen LogP contribution in [0, 0.1) is 0 Å². The quantitative estimate of drug-likeness (QED) is 0.156. The molecular weight excluding hydrogens is 757 g/mol. The Bertz CT molecular complexity index is 3570. The number of rotatable bonds is 7. The van der Waals surface area contributed by atoms with Crippen LogP contribution in [-0.2, 0) is 0 Å². The molecule has 3 heteroatoms. The van der Waals surface area contributed by atoms with Crippen molar-refractivity contribution >= 4 is 81.1 Å². The molecular formula is C58H38N2S. The maximum absolute atomic E-state index is 2.48. The third-order valence-electron chi connectivity index (χ3n) is 12.2. The smallest absolute Gasteiger partial charge is 0.0555 e. The first-order valence-corrected chi connectivity index (χ1v) is 21.7. The van der Waals surface area contributed by atoms with E-state index in [1.54, 1.807) is 0 Å². The highest BCUT2D eigenvalue weighted by Crippen LogP contribution is 2.44. The molecule has 2 heterocycles. The lowest BCUT2D eigenvalue weighted by atomic mass is 9.96. The summed E-state index contributed by atoms with van der Waals surface area (Å²) in [6.07, 6.45) is 0. The number of hydrogen-bond acceptors (Lipinski definition) is 2. The van der Waals surface area contributed by atoms with Gasteiger partial charge >= 0.3 is 0 Å². The lowest BCUT2D eigenvalue weighted by Gasteiger charge is -2.26. The molecule has 0 aliphatic rings. The Kier molecular flexibility index (Phi) is 8.39. The molecule has 2 aromatic heterocycles. The Labute approximate surface area is 358 Å². The van der Waals surface area contributed by atoms with Gasteiger partial charge in [0, 0.05) is 48.0 Å². The predicted molar refractivity (Wildman–Crippen MR) is 262 cm³/mol. The second kappa shape index (κ2) is 14.5. The van der Waals surface area contributed by atoms with Gasteiger partial charge in [0.25, 0.3) is 0 Å². The van der Waals surface area contributed by atoms with E-state index in [4.69, 9.17) is 0 Å². The number of para-hydroxylation sites is 2. The molecule has 10 aromatic carbocycles. The summed E-state index contributed by atoms with van der Waals surface area (Å²) in [6, 6.07) is 84.0. The zero-order chi connectivity index (χ0) is 40.3. The fraction of sp³-hybridized carbons (Fsp3) is 0. The zero-order valence-corrected chi connectivity index (χ0v) is 34.1. The number of aromatic nitrogens is 1. The van der Waals surface area contributed by atoms with E-state index in [1.165, 1.54) is 91.8 Å². The molecule has 0 atom stereocenters. The summed E-state index contributed by atoms with van der Waals surface area (Å²) in [5.74, 6) is 0. The molecule has 2 nitrogen and oxygen atoms in total. The van der Waals surface area contributed by atoms with Crippen LogP contribution in [0.1, 0.15) is 0 Å². The second-order valence-electron chi connectivity index (χ2n) is 15.7. The Hall–Kier alpha value is -7.72. The second-order valence-corrected chi connectivity index (χ2v) is 16.8. The van der Waals surface area contributed by atoms with Crippen molar-refractivity contribution in [3.05, 3.63) is 231 Å². The van der Waals surface area contributed by atoms with E-state index < -0.39 is 0 Å². The number of hydrogen-bond donors (Lipinski definition) is 0.